The normalized spacial score (nSPS) is 13.1. The molecule has 0 aliphatic carbocycles. The van der Waals surface area contributed by atoms with Crippen LogP contribution in [0.15, 0.2) is 0 Å². The van der Waals surface area contributed by atoms with Crippen molar-refractivity contribution < 1.29 is 0 Å². The van der Waals surface area contributed by atoms with E-state index in [2.05, 4.69) is 38.1 Å². The van der Waals surface area contributed by atoms with E-state index in [1.807, 2.05) is 11.7 Å². The van der Waals surface area contributed by atoms with Crippen LogP contribution in [0.2, 0.25) is 0 Å². The van der Waals surface area contributed by atoms with Gasteiger partial charge < -0.3 is 5.32 Å². The lowest BCUT2D eigenvalue weighted by molar-refractivity contribution is 0.480. The second kappa shape index (κ2) is 6.04. The highest BCUT2D eigenvalue weighted by Crippen LogP contribution is 2.15. The molecule has 0 radical (unpaired) electrons. The van der Waals surface area contributed by atoms with Crippen LogP contribution in [0.25, 0.3) is 0 Å². The maximum Gasteiger partial charge on any atom is 0.0628 e. The maximum absolute atomic E-state index is 4.46. The van der Waals surface area contributed by atoms with Crippen LogP contribution in [0.5, 0.6) is 0 Å². The third-order valence-electron chi connectivity index (χ3n) is 3.39. The molecule has 3 heteroatoms. The Bertz CT molecular complexity index is 328. The van der Waals surface area contributed by atoms with Gasteiger partial charge in [0.05, 0.1) is 5.69 Å². The molecule has 1 N–H and O–H groups in total. The van der Waals surface area contributed by atoms with Crippen molar-refractivity contribution in [2.24, 2.45) is 7.05 Å². The maximum atomic E-state index is 4.46. The minimum atomic E-state index is 0.643. The highest BCUT2D eigenvalue weighted by Gasteiger charge is 2.11. The Balaban J connectivity index is 2.59. The molecular formula is C13H25N3. The minimum absolute atomic E-state index is 0.643. The third-order valence-corrected chi connectivity index (χ3v) is 3.39. The van der Waals surface area contributed by atoms with Gasteiger partial charge in [-0.1, -0.05) is 13.8 Å². The largest absolute Gasteiger partial charge is 0.314 e. The van der Waals surface area contributed by atoms with E-state index in [4.69, 9.17) is 0 Å². The average molecular weight is 223 g/mol. The first kappa shape index (κ1) is 13.2. The van der Waals surface area contributed by atoms with E-state index in [1.165, 1.54) is 29.8 Å². The van der Waals surface area contributed by atoms with Crippen molar-refractivity contribution in [3.05, 3.63) is 17.0 Å². The Labute approximate surface area is 99.2 Å². The van der Waals surface area contributed by atoms with Gasteiger partial charge in [0.1, 0.15) is 0 Å². The van der Waals surface area contributed by atoms with Gasteiger partial charge >= 0.3 is 0 Å². The molecule has 0 bridgehead atoms. The van der Waals surface area contributed by atoms with Crippen LogP contribution >= 0.6 is 0 Å². The smallest absolute Gasteiger partial charge is 0.0628 e. The summed E-state index contributed by atoms with van der Waals surface area (Å²) in [4.78, 5) is 0. The van der Waals surface area contributed by atoms with E-state index in [9.17, 15) is 0 Å². The van der Waals surface area contributed by atoms with Crippen molar-refractivity contribution in [1.82, 2.24) is 15.1 Å². The van der Waals surface area contributed by atoms with Crippen LogP contribution in [0.1, 0.15) is 43.6 Å². The van der Waals surface area contributed by atoms with Crippen LogP contribution in [0.3, 0.4) is 0 Å². The quantitative estimate of drug-likeness (QED) is 0.802. The SMILES string of the molecule is CCNC(CC)CCc1c(C)nn(C)c1C. The summed E-state index contributed by atoms with van der Waals surface area (Å²) < 4.78 is 1.98. The molecule has 0 fully saturated rings. The highest BCUT2D eigenvalue weighted by atomic mass is 15.3. The van der Waals surface area contributed by atoms with Gasteiger partial charge in [0.2, 0.25) is 0 Å². The van der Waals surface area contributed by atoms with Crippen molar-refractivity contribution in [3.8, 4) is 0 Å². The lowest BCUT2D eigenvalue weighted by atomic mass is 10.0. The number of hydrogen-bond donors (Lipinski definition) is 1. The molecule has 92 valence electrons. The molecule has 1 atom stereocenters. The molecule has 0 saturated heterocycles. The predicted octanol–water partition coefficient (Wildman–Crippen LogP) is 2.36. The zero-order valence-corrected chi connectivity index (χ0v) is 11.3. The van der Waals surface area contributed by atoms with Crippen LogP contribution in [-0.4, -0.2) is 22.4 Å². The van der Waals surface area contributed by atoms with Gasteiger partial charge in [-0.25, -0.2) is 0 Å². The molecule has 1 aromatic rings. The average Bonchev–Trinajstić information content (AvgIpc) is 2.49. The van der Waals surface area contributed by atoms with E-state index >= 15 is 0 Å². The second-order valence-electron chi connectivity index (χ2n) is 4.47. The first-order valence-corrected chi connectivity index (χ1v) is 6.32. The third kappa shape index (κ3) is 3.08. The summed E-state index contributed by atoms with van der Waals surface area (Å²) in [6.45, 7) is 9.74. The molecule has 0 saturated carbocycles. The van der Waals surface area contributed by atoms with Gasteiger partial charge in [0, 0.05) is 18.8 Å². The summed E-state index contributed by atoms with van der Waals surface area (Å²) >= 11 is 0. The molecule has 1 unspecified atom stereocenters. The summed E-state index contributed by atoms with van der Waals surface area (Å²) in [6, 6.07) is 0.643. The Kier molecular flexibility index (Phi) is 5.00. The van der Waals surface area contributed by atoms with E-state index in [0.29, 0.717) is 6.04 Å². The molecule has 0 aromatic carbocycles. The molecule has 0 amide bonds. The summed E-state index contributed by atoms with van der Waals surface area (Å²) in [7, 11) is 2.02. The van der Waals surface area contributed by atoms with Crippen LogP contribution in [0.4, 0.5) is 0 Å². The summed E-state index contributed by atoms with van der Waals surface area (Å²) in [5.74, 6) is 0. The number of aromatic nitrogens is 2. The van der Waals surface area contributed by atoms with Crippen LogP contribution in [-0.2, 0) is 13.5 Å². The topological polar surface area (TPSA) is 29.9 Å². The fourth-order valence-corrected chi connectivity index (χ4v) is 2.24. The van der Waals surface area contributed by atoms with Gasteiger partial charge in [0.25, 0.3) is 0 Å². The molecule has 0 aliphatic heterocycles. The molecule has 1 rings (SSSR count). The second-order valence-corrected chi connectivity index (χ2v) is 4.47. The van der Waals surface area contributed by atoms with Gasteiger partial charge in [0.15, 0.2) is 0 Å². The summed E-state index contributed by atoms with van der Waals surface area (Å²) in [5.41, 5.74) is 3.93. The molecule has 1 heterocycles. The minimum Gasteiger partial charge on any atom is -0.314 e. The molecule has 0 spiro atoms. The van der Waals surface area contributed by atoms with Crippen molar-refractivity contribution in [2.75, 3.05) is 6.54 Å². The van der Waals surface area contributed by atoms with Gasteiger partial charge in [-0.3, -0.25) is 4.68 Å². The fraction of sp³-hybridized carbons (Fsp3) is 0.769. The molecule has 1 aromatic heterocycles. The Morgan fingerprint density at radius 2 is 2.00 bits per heavy atom. The van der Waals surface area contributed by atoms with E-state index in [0.717, 1.165) is 13.0 Å². The van der Waals surface area contributed by atoms with E-state index < -0.39 is 0 Å². The van der Waals surface area contributed by atoms with Gasteiger partial charge in [-0.15, -0.1) is 0 Å². The lowest BCUT2D eigenvalue weighted by Crippen LogP contribution is -2.28. The predicted molar refractivity (Wildman–Crippen MR) is 68.8 cm³/mol. The number of nitrogens with one attached hydrogen (secondary N) is 1. The summed E-state index contributed by atoms with van der Waals surface area (Å²) in [5, 5.41) is 7.98. The zero-order valence-electron chi connectivity index (χ0n) is 11.3. The van der Waals surface area contributed by atoms with Crippen LogP contribution in [0, 0.1) is 13.8 Å². The van der Waals surface area contributed by atoms with Gasteiger partial charge in [-0.2, -0.15) is 5.10 Å². The summed E-state index contributed by atoms with van der Waals surface area (Å²) in [6.07, 6.45) is 3.54. The highest BCUT2D eigenvalue weighted by molar-refractivity contribution is 5.24. The Hall–Kier alpha value is -0.830. The van der Waals surface area contributed by atoms with Gasteiger partial charge in [-0.05, 0) is 45.2 Å². The number of rotatable bonds is 6. The monoisotopic (exact) mass is 223 g/mol. The zero-order chi connectivity index (χ0) is 12.1. The number of hydrogen-bond acceptors (Lipinski definition) is 2. The molecule has 3 nitrogen and oxygen atoms in total. The van der Waals surface area contributed by atoms with Crippen molar-refractivity contribution in [2.45, 2.75) is 53.0 Å². The van der Waals surface area contributed by atoms with Crippen molar-refractivity contribution in [1.29, 1.82) is 0 Å². The van der Waals surface area contributed by atoms with Crippen LogP contribution < -0.4 is 5.32 Å². The Morgan fingerprint density at radius 1 is 1.31 bits per heavy atom. The number of aryl methyl sites for hydroxylation is 2. The lowest BCUT2D eigenvalue weighted by Gasteiger charge is -2.15. The van der Waals surface area contributed by atoms with Crippen molar-refractivity contribution in [3.63, 3.8) is 0 Å². The first-order chi connectivity index (χ1) is 7.60. The molecular weight excluding hydrogens is 198 g/mol. The number of nitrogens with zero attached hydrogens (tertiary/aromatic N) is 2. The Morgan fingerprint density at radius 3 is 2.44 bits per heavy atom. The standard InChI is InChI=1S/C13H25N3/c1-6-12(14-7-2)8-9-13-10(3)15-16(5)11(13)4/h12,14H,6-9H2,1-5H3. The van der Waals surface area contributed by atoms with E-state index in [1.54, 1.807) is 0 Å². The fourth-order valence-electron chi connectivity index (χ4n) is 2.24. The molecule has 16 heavy (non-hydrogen) atoms. The van der Waals surface area contributed by atoms with E-state index in [-0.39, 0.29) is 0 Å². The first-order valence-electron chi connectivity index (χ1n) is 6.32. The molecule has 0 aliphatic rings. The van der Waals surface area contributed by atoms with Crippen molar-refractivity contribution >= 4 is 0 Å².